The second kappa shape index (κ2) is 7.16. The third-order valence-electron chi connectivity index (χ3n) is 9.22. The highest BCUT2D eigenvalue weighted by molar-refractivity contribution is 6.35. The van der Waals surface area contributed by atoms with Crippen molar-refractivity contribution in [2.45, 2.75) is 56.9 Å². The first-order valence-electron chi connectivity index (χ1n) is 12.7. The summed E-state index contributed by atoms with van der Waals surface area (Å²) in [5.74, 6) is 1.38. The highest BCUT2D eigenvalue weighted by Crippen LogP contribution is 2.48. The van der Waals surface area contributed by atoms with Gasteiger partial charge in [0.1, 0.15) is 5.82 Å². The molecule has 7 rings (SSSR count). The summed E-state index contributed by atoms with van der Waals surface area (Å²) in [7, 11) is 0. The molecule has 0 unspecified atom stereocenters. The number of nitrogens with zero attached hydrogens (tertiary/aromatic N) is 3. The van der Waals surface area contributed by atoms with E-state index in [0.717, 1.165) is 23.1 Å². The molecule has 4 aliphatic rings. The van der Waals surface area contributed by atoms with Crippen LogP contribution in [0, 0.1) is 5.41 Å². The van der Waals surface area contributed by atoms with Crippen LogP contribution in [0.5, 0.6) is 0 Å². The van der Waals surface area contributed by atoms with Gasteiger partial charge in [0.05, 0.1) is 27.0 Å². The molecule has 1 N–H and O–H groups in total. The molecule has 2 aromatic carbocycles. The predicted molar refractivity (Wildman–Crippen MR) is 136 cm³/mol. The number of rotatable bonds is 2. The molecule has 1 aliphatic carbocycles. The van der Waals surface area contributed by atoms with Crippen molar-refractivity contribution < 1.29 is 0 Å². The smallest absolute Gasteiger partial charge is 0.282 e. The summed E-state index contributed by atoms with van der Waals surface area (Å²) in [6.07, 6.45) is 5.20. The van der Waals surface area contributed by atoms with E-state index >= 15 is 0 Å². The average Bonchev–Trinajstić information content (AvgIpc) is 2.99. The molecule has 0 amide bonds. The first kappa shape index (κ1) is 21.1. The Morgan fingerprint density at radius 1 is 1.09 bits per heavy atom. The lowest BCUT2D eigenvalue weighted by molar-refractivity contribution is -0.0432. The van der Waals surface area contributed by atoms with Gasteiger partial charge in [0.2, 0.25) is 0 Å². The van der Waals surface area contributed by atoms with Gasteiger partial charge in [-0.15, -0.1) is 0 Å². The fraction of sp³-hybridized carbons (Fsp3) is 0.500. The number of fused-ring (bicyclic) bond motifs is 5. The third kappa shape index (κ3) is 2.87. The summed E-state index contributed by atoms with van der Waals surface area (Å²) in [5, 5.41) is 4.43. The van der Waals surface area contributed by atoms with E-state index in [9.17, 15) is 4.79 Å². The van der Waals surface area contributed by atoms with Crippen molar-refractivity contribution in [3.8, 4) is 5.69 Å². The van der Waals surface area contributed by atoms with Crippen LogP contribution in [0.15, 0.2) is 41.2 Å². The standard InChI is InChI=1S/C28H31ClN4O/c1-27(2)20-7-6-18(17-8-10-32(11-9-17)19-13-28(14-19)15-30-16-28)12-23(20)33-22-5-3-4-21(29)24(22)25(34)31-26(27)33/h3-7,12,17,19,30H,8-11,13-16H2,1-2H3. The van der Waals surface area contributed by atoms with Gasteiger partial charge in [-0.25, -0.2) is 0 Å². The van der Waals surface area contributed by atoms with Crippen molar-refractivity contribution in [3.63, 3.8) is 0 Å². The summed E-state index contributed by atoms with van der Waals surface area (Å²) < 4.78 is 2.18. The van der Waals surface area contributed by atoms with Crippen molar-refractivity contribution in [1.82, 2.24) is 19.8 Å². The minimum absolute atomic E-state index is 0.240. The average molecular weight is 475 g/mol. The van der Waals surface area contributed by atoms with Gasteiger partial charge in [0, 0.05) is 19.1 Å². The zero-order valence-corrected chi connectivity index (χ0v) is 20.7. The van der Waals surface area contributed by atoms with Crippen LogP contribution in [0.2, 0.25) is 5.02 Å². The van der Waals surface area contributed by atoms with E-state index in [-0.39, 0.29) is 11.0 Å². The van der Waals surface area contributed by atoms with E-state index < -0.39 is 0 Å². The summed E-state index contributed by atoms with van der Waals surface area (Å²) >= 11 is 6.44. The van der Waals surface area contributed by atoms with Crippen molar-refractivity contribution >= 4 is 22.5 Å². The summed E-state index contributed by atoms with van der Waals surface area (Å²) in [6, 6.07) is 13.4. The van der Waals surface area contributed by atoms with Gasteiger partial charge in [0.15, 0.2) is 0 Å². The molecule has 4 heterocycles. The first-order valence-corrected chi connectivity index (χ1v) is 13.1. The lowest BCUT2D eigenvalue weighted by Gasteiger charge is -2.58. The van der Waals surface area contributed by atoms with Gasteiger partial charge < -0.3 is 10.2 Å². The zero-order valence-electron chi connectivity index (χ0n) is 19.9. The van der Waals surface area contributed by atoms with Gasteiger partial charge in [-0.1, -0.05) is 29.8 Å². The Labute approximate surface area is 205 Å². The lowest BCUT2D eigenvalue weighted by Crippen LogP contribution is -2.65. The third-order valence-corrected chi connectivity index (χ3v) is 9.53. The van der Waals surface area contributed by atoms with Crippen LogP contribution in [-0.4, -0.2) is 46.7 Å². The molecule has 34 heavy (non-hydrogen) atoms. The second-order valence-electron chi connectivity index (χ2n) is 11.6. The Morgan fingerprint density at radius 2 is 1.85 bits per heavy atom. The second-order valence-corrected chi connectivity index (χ2v) is 12.0. The van der Waals surface area contributed by atoms with Crippen LogP contribution in [0.1, 0.15) is 62.4 Å². The zero-order chi connectivity index (χ0) is 23.2. The highest BCUT2D eigenvalue weighted by Gasteiger charge is 2.50. The van der Waals surface area contributed by atoms with Gasteiger partial charge in [-0.3, -0.25) is 9.36 Å². The molecule has 3 aliphatic heterocycles. The molecule has 0 bridgehead atoms. The van der Waals surface area contributed by atoms with Crippen LogP contribution in [0.3, 0.4) is 0 Å². The highest BCUT2D eigenvalue weighted by atomic mass is 35.5. The van der Waals surface area contributed by atoms with Gasteiger partial charge in [-0.05, 0) is 93.3 Å². The molecule has 0 atom stereocenters. The Kier molecular flexibility index (Phi) is 4.44. The maximum atomic E-state index is 12.9. The first-order chi connectivity index (χ1) is 16.4. The van der Waals surface area contributed by atoms with Gasteiger partial charge in [-0.2, -0.15) is 4.98 Å². The molecule has 3 aromatic rings. The Balaban J connectivity index is 1.21. The topological polar surface area (TPSA) is 50.2 Å². The Bertz CT molecular complexity index is 1370. The molecule has 0 radical (unpaired) electrons. The number of halogens is 1. The maximum absolute atomic E-state index is 12.9. The Hall–Kier alpha value is -2.21. The number of aromatic nitrogens is 2. The quantitative estimate of drug-likeness (QED) is 0.589. The van der Waals surface area contributed by atoms with Crippen LogP contribution >= 0.6 is 11.6 Å². The maximum Gasteiger partial charge on any atom is 0.282 e. The summed E-state index contributed by atoms with van der Waals surface area (Å²) in [5.41, 5.74) is 4.71. The molecule has 1 aromatic heterocycles. The SMILES string of the molecule is CC1(C)c2ccc(C3CCN(C4CC5(CNC5)C4)CC3)cc2-n2c1nc(=O)c1c(Cl)cccc12. The van der Waals surface area contributed by atoms with E-state index in [2.05, 4.69) is 51.8 Å². The van der Waals surface area contributed by atoms with Crippen molar-refractivity contribution in [2.24, 2.45) is 5.41 Å². The normalized spacial score (nSPS) is 23.5. The van der Waals surface area contributed by atoms with E-state index in [1.54, 1.807) is 6.07 Å². The van der Waals surface area contributed by atoms with E-state index in [1.807, 2.05) is 12.1 Å². The largest absolute Gasteiger partial charge is 0.316 e. The number of benzene rings is 2. The number of likely N-dealkylation sites (tertiary alicyclic amines) is 1. The molecular formula is C28H31ClN4O. The monoisotopic (exact) mass is 474 g/mol. The Morgan fingerprint density at radius 3 is 2.56 bits per heavy atom. The number of hydrogen-bond donors (Lipinski definition) is 1. The number of hydrogen-bond acceptors (Lipinski definition) is 4. The van der Waals surface area contributed by atoms with Crippen LogP contribution in [0.25, 0.3) is 16.6 Å². The van der Waals surface area contributed by atoms with Gasteiger partial charge in [0.25, 0.3) is 5.56 Å². The summed E-state index contributed by atoms with van der Waals surface area (Å²) in [4.78, 5) is 20.2. The predicted octanol–water partition coefficient (Wildman–Crippen LogP) is 4.61. The van der Waals surface area contributed by atoms with E-state index in [0.29, 0.717) is 21.7 Å². The molecule has 2 saturated heterocycles. The molecule has 6 heteroatoms. The van der Waals surface area contributed by atoms with Crippen molar-refractivity contribution in [1.29, 1.82) is 0 Å². The molecule has 5 nitrogen and oxygen atoms in total. The van der Waals surface area contributed by atoms with E-state index in [1.165, 1.54) is 63.0 Å². The van der Waals surface area contributed by atoms with Crippen LogP contribution < -0.4 is 10.9 Å². The molecule has 1 saturated carbocycles. The van der Waals surface area contributed by atoms with E-state index in [4.69, 9.17) is 11.6 Å². The number of nitrogens with one attached hydrogen (secondary N) is 1. The molecule has 1 spiro atoms. The van der Waals surface area contributed by atoms with Crippen LogP contribution in [-0.2, 0) is 5.41 Å². The minimum atomic E-state index is -0.330. The lowest BCUT2D eigenvalue weighted by atomic mass is 9.61. The number of piperidine rings is 1. The van der Waals surface area contributed by atoms with Crippen LogP contribution in [0.4, 0.5) is 0 Å². The fourth-order valence-corrected chi connectivity index (χ4v) is 7.34. The summed E-state index contributed by atoms with van der Waals surface area (Å²) in [6.45, 7) is 9.18. The van der Waals surface area contributed by atoms with Crippen molar-refractivity contribution in [2.75, 3.05) is 26.2 Å². The molecule has 3 fully saturated rings. The molecular weight excluding hydrogens is 444 g/mol. The van der Waals surface area contributed by atoms with Crippen molar-refractivity contribution in [3.05, 3.63) is 68.7 Å². The molecule has 176 valence electrons. The minimum Gasteiger partial charge on any atom is -0.316 e. The van der Waals surface area contributed by atoms with Gasteiger partial charge >= 0.3 is 0 Å². The fourth-order valence-electron chi connectivity index (χ4n) is 7.09.